The van der Waals surface area contributed by atoms with Crippen LogP contribution in [0.5, 0.6) is 0 Å². The second-order valence-electron chi connectivity index (χ2n) is 6.20. The Morgan fingerprint density at radius 3 is 1.56 bits per heavy atom. The predicted octanol–water partition coefficient (Wildman–Crippen LogP) is 4.20. The lowest BCUT2D eigenvalue weighted by Crippen LogP contribution is -2.19. The van der Waals surface area contributed by atoms with E-state index in [1.807, 2.05) is 0 Å². The fraction of sp³-hybridized carbons (Fsp3) is 0.875. The normalized spacial score (nSPS) is 27.2. The molecule has 0 aromatic carbocycles. The average Bonchev–Trinajstić information content (AvgIpc) is 2.26. The van der Waals surface area contributed by atoms with E-state index in [0.717, 1.165) is 26.1 Å². The van der Waals surface area contributed by atoms with Gasteiger partial charge >= 0.3 is 0 Å². The first-order valence-corrected chi connectivity index (χ1v) is 7.49. The Bertz CT molecular complexity index is 209. The van der Waals surface area contributed by atoms with Crippen LogP contribution < -0.4 is 0 Å². The van der Waals surface area contributed by atoms with E-state index in [9.17, 15) is 0 Å². The fourth-order valence-corrected chi connectivity index (χ4v) is 2.04. The van der Waals surface area contributed by atoms with Crippen LogP contribution >= 0.6 is 0 Å². The molecule has 0 N–H and O–H groups in total. The van der Waals surface area contributed by atoms with Gasteiger partial charge in [0.05, 0.1) is 12.2 Å². The minimum Gasteiger partial charge on any atom is -0.374 e. The maximum atomic E-state index is 5.91. The van der Waals surface area contributed by atoms with Gasteiger partial charge in [-0.15, -0.1) is 0 Å². The highest BCUT2D eigenvalue weighted by molar-refractivity contribution is 4.96. The number of hydrogen-bond donors (Lipinski definition) is 0. The molecule has 0 heterocycles. The van der Waals surface area contributed by atoms with Gasteiger partial charge in [0.15, 0.2) is 0 Å². The number of hydrogen-bond acceptors (Lipinski definition) is 2. The molecule has 0 fully saturated rings. The van der Waals surface area contributed by atoms with Gasteiger partial charge in [0, 0.05) is 13.2 Å². The third-order valence-electron chi connectivity index (χ3n) is 3.05. The first-order valence-electron chi connectivity index (χ1n) is 7.49. The summed E-state index contributed by atoms with van der Waals surface area (Å²) in [4.78, 5) is 0. The lowest BCUT2D eigenvalue weighted by atomic mass is 10.0. The molecule has 0 amide bonds. The molecule has 0 aliphatic heterocycles. The molecule has 1 rings (SSSR count). The molecule has 0 aromatic heterocycles. The average molecular weight is 254 g/mol. The largest absolute Gasteiger partial charge is 0.374 e. The Balaban J connectivity index is 2.38. The lowest BCUT2D eigenvalue weighted by molar-refractivity contribution is 0.0400. The summed E-state index contributed by atoms with van der Waals surface area (Å²) in [5.41, 5.74) is 0. The Kier molecular flexibility index (Phi) is 7.60. The summed E-state index contributed by atoms with van der Waals surface area (Å²) in [6, 6.07) is 0. The third kappa shape index (κ3) is 7.17. The topological polar surface area (TPSA) is 18.5 Å². The summed E-state index contributed by atoms with van der Waals surface area (Å²) in [7, 11) is 0. The Morgan fingerprint density at radius 2 is 1.22 bits per heavy atom. The molecule has 0 bridgehead atoms. The molecule has 2 heteroatoms. The second kappa shape index (κ2) is 8.71. The van der Waals surface area contributed by atoms with Crippen LogP contribution in [0.25, 0.3) is 0 Å². The van der Waals surface area contributed by atoms with E-state index >= 15 is 0 Å². The fourth-order valence-electron chi connectivity index (χ4n) is 2.04. The van der Waals surface area contributed by atoms with Crippen molar-refractivity contribution in [2.24, 2.45) is 11.8 Å². The van der Waals surface area contributed by atoms with Gasteiger partial charge in [0.2, 0.25) is 0 Å². The molecule has 18 heavy (non-hydrogen) atoms. The molecule has 0 aromatic rings. The summed E-state index contributed by atoms with van der Waals surface area (Å²) >= 11 is 0. The zero-order valence-corrected chi connectivity index (χ0v) is 12.5. The van der Waals surface area contributed by atoms with E-state index in [1.54, 1.807) is 0 Å². The van der Waals surface area contributed by atoms with Gasteiger partial charge in [-0.25, -0.2) is 0 Å². The van der Waals surface area contributed by atoms with Gasteiger partial charge in [0.1, 0.15) is 0 Å². The summed E-state index contributed by atoms with van der Waals surface area (Å²) in [6.07, 6.45) is 9.80. The zero-order valence-electron chi connectivity index (χ0n) is 12.5. The van der Waals surface area contributed by atoms with Crippen molar-refractivity contribution >= 4 is 0 Å². The van der Waals surface area contributed by atoms with E-state index in [2.05, 4.69) is 39.8 Å². The quantitative estimate of drug-likeness (QED) is 0.661. The molecule has 2 nitrogen and oxygen atoms in total. The van der Waals surface area contributed by atoms with Gasteiger partial charge in [-0.3, -0.25) is 0 Å². The first-order chi connectivity index (χ1) is 8.58. The lowest BCUT2D eigenvalue weighted by Gasteiger charge is -2.22. The summed E-state index contributed by atoms with van der Waals surface area (Å²) < 4.78 is 11.8. The van der Waals surface area contributed by atoms with Crippen molar-refractivity contribution < 1.29 is 9.47 Å². The Labute approximate surface area is 113 Å². The molecule has 0 radical (unpaired) electrons. The van der Waals surface area contributed by atoms with E-state index in [4.69, 9.17) is 9.47 Å². The minimum atomic E-state index is 0.290. The smallest absolute Gasteiger partial charge is 0.0756 e. The highest BCUT2D eigenvalue weighted by Gasteiger charge is 2.13. The van der Waals surface area contributed by atoms with Gasteiger partial charge in [-0.1, -0.05) is 52.7 Å². The van der Waals surface area contributed by atoms with Crippen molar-refractivity contribution in [3.05, 3.63) is 12.2 Å². The summed E-state index contributed by atoms with van der Waals surface area (Å²) in [5, 5.41) is 0. The molecule has 1 aliphatic carbocycles. The van der Waals surface area contributed by atoms with Crippen LogP contribution in [0.4, 0.5) is 0 Å². The predicted molar refractivity (Wildman–Crippen MR) is 76.8 cm³/mol. The molecular formula is C16H30O2. The van der Waals surface area contributed by atoms with Gasteiger partial charge in [0.25, 0.3) is 0 Å². The number of rotatable bonds is 6. The van der Waals surface area contributed by atoms with Crippen molar-refractivity contribution in [1.29, 1.82) is 0 Å². The molecular weight excluding hydrogens is 224 g/mol. The van der Waals surface area contributed by atoms with Gasteiger partial charge in [-0.05, 0) is 24.7 Å². The van der Waals surface area contributed by atoms with Gasteiger partial charge < -0.3 is 9.47 Å². The Morgan fingerprint density at radius 1 is 0.833 bits per heavy atom. The van der Waals surface area contributed by atoms with E-state index in [0.29, 0.717) is 11.8 Å². The van der Waals surface area contributed by atoms with E-state index in [1.165, 1.54) is 12.8 Å². The van der Waals surface area contributed by atoms with Crippen molar-refractivity contribution in [3.63, 3.8) is 0 Å². The monoisotopic (exact) mass is 254 g/mol. The summed E-state index contributed by atoms with van der Waals surface area (Å²) in [5.74, 6) is 1.22. The van der Waals surface area contributed by atoms with Crippen LogP contribution in [0.1, 0.15) is 53.4 Å². The molecule has 0 spiro atoms. The van der Waals surface area contributed by atoms with Crippen molar-refractivity contribution in [3.8, 4) is 0 Å². The van der Waals surface area contributed by atoms with Crippen LogP contribution in [0.3, 0.4) is 0 Å². The molecule has 0 unspecified atom stereocenters. The SMILES string of the molecule is CC(C)CO[C@@H]1/C=C\[C@@H](OCC(C)C)CCCC1. The zero-order chi connectivity index (χ0) is 13.4. The van der Waals surface area contributed by atoms with Crippen LogP contribution in [-0.4, -0.2) is 25.4 Å². The van der Waals surface area contributed by atoms with Gasteiger partial charge in [-0.2, -0.15) is 0 Å². The highest BCUT2D eigenvalue weighted by Crippen LogP contribution is 2.17. The molecule has 106 valence electrons. The first kappa shape index (κ1) is 15.7. The number of ether oxygens (including phenoxy) is 2. The third-order valence-corrected chi connectivity index (χ3v) is 3.05. The van der Waals surface area contributed by atoms with Crippen LogP contribution in [-0.2, 0) is 9.47 Å². The van der Waals surface area contributed by atoms with Crippen LogP contribution in [0.15, 0.2) is 12.2 Å². The highest BCUT2D eigenvalue weighted by atomic mass is 16.5. The van der Waals surface area contributed by atoms with Crippen molar-refractivity contribution in [2.75, 3.05) is 13.2 Å². The molecule has 0 saturated heterocycles. The second-order valence-corrected chi connectivity index (χ2v) is 6.20. The van der Waals surface area contributed by atoms with Crippen molar-refractivity contribution in [1.82, 2.24) is 0 Å². The molecule has 1 aliphatic rings. The maximum absolute atomic E-state index is 5.91. The maximum Gasteiger partial charge on any atom is 0.0756 e. The molecule has 2 atom stereocenters. The van der Waals surface area contributed by atoms with Crippen molar-refractivity contribution in [2.45, 2.75) is 65.6 Å². The van der Waals surface area contributed by atoms with Crippen LogP contribution in [0.2, 0.25) is 0 Å². The minimum absolute atomic E-state index is 0.290. The van der Waals surface area contributed by atoms with E-state index in [-0.39, 0.29) is 12.2 Å². The van der Waals surface area contributed by atoms with E-state index < -0.39 is 0 Å². The Hall–Kier alpha value is -0.340. The van der Waals surface area contributed by atoms with Crippen LogP contribution in [0, 0.1) is 11.8 Å². The molecule has 0 saturated carbocycles. The summed E-state index contributed by atoms with van der Waals surface area (Å²) in [6.45, 7) is 10.5. The standard InChI is InChI=1S/C16H30O2/c1-13(2)11-17-15-7-5-6-8-16(10-9-15)18-12-14(3)4/h9-10,13-16H,5-8,11-12H2,1-4H3/b10-9-/t15-,16-/m0/s1.